The Kier molecular flexibility index (Phi) is 8.43. The Bertz CT molecular complexity index is 394. The molecule has 0 spiro atoms. The summed E-state index contributed by atoms with van der Waals surface area (Å²) in [6.07, 6.45) is 11.4. The summed E-state index contributed by atoms with van der Waals surface area (Å²) in [5.41, 5.74) is 0.104. The number of pyridine rings is 1. The fraction of sp³-hybridized carbons (Fsp3) is 0.625. The fourth-order valence-corrected chi connectivity index (χ4v) is 2.12. The number of nitrogens with zero attached hydrogens (tertiary/aromatic N) is 1. The predicted octanol–water partition coefficient (Wildman–Crippen LogP) is 3.66. The van der Waals surface area contributed by atoms with E-state index < -0.39 is 0 Å². The van der Waals surface area contributed by atoms with Gasteiger partial charge in [-0.15, -0.1) is 0 Å². The molecule has 0 bridgehead atoms. The largest absolute Gasteiger partial charge is 0.505 e. The number of aromatic nitrogens is 1. The number of hydrogen-bond donors (Lipinski definition) is 2. The van der Waals surface area contributed by atoms with E-state index in [2.05, 4.69) is 17.2 Å². The lowest BCUT2D eigenvalue weighted by molar-refractivity contribution is 0.0945. The van der Waals surface area contributed by atoms with Crippen LogP contribution in [0, 0.1) is 0 Å². The highest BCUT2D eigenvalue weighted by atomic mass is 16.3. The third-order valence-corrected chi connectivity index (χ3v) is 3.32. The van der Waals surface area contributed by atoms with Crippen LogP contribution in [0.3, 0.4) is 0 Å². The Balaban J connectivity index is 2.04. The van der Waals surface area contributed by atoms with E-state index in [9.17, 15) is 9.90 Å². The van der Waals surface area contributed by atoms with Crippen LogP contribution in [0.4, 0.5) is 0 Å². The number of amides is 1. The SMILES string of the molecule is CCCCCCCCCCNC(=O)c1ncccc1O. The lowest BCUT2D eigenvalue weighted by atomic mass is 10.1. The monoisotopic (exact) mass is 278 g/mol. The number of hydrogen-bond acceptors (Lipinski definition) is 3. The molecule has 0 aromatic carbocycles. The van der Waals surface area contributed by atoms with Gasteiger partial charge < -0.3 is 10.4 Å². The number of carbonyl (C=O) groups is 1. The zero-order chi connectivity index (χ0) is 14.6. The van der Waals surface area contributed by atoms with Crippen LogP contribution in [0.2, 0.25) is 0 Å². The van der Waals surface area contributed by atoms with Gasteiger partial charge in [-0.1, -0.05) is 51.9 Å². The molecule has 0 fully saturated rings. The Hall–Kier alpha value is -1.58. The minimum Gasteiger partial charge on any atom is -0.505 e. The van der Waals surface area contributed by atoms with Crippen LogP contribution in [0.1, 0.15) is 68.8 Å². The lowest BCUT2D eigenvalue weighted by Crippen LogP contribution is -2.25. The van der Waals surface area contributed by atoms with Gasteiger partial charge in [0.25, 0.3) is 5.91 Å². The first kappa shape index (κ1) is 16.5. The molecule has 1 heterocycles. The molecular weight excluding hydrogens is 252 g/mol. The van der Waals surface area contributed by atoms with E-state index in [1.807, 2.05) is 0 Å². The van der Waals surface area contributed by atoms with Gasteiger partial charge in [0.2, 0.25) is 0 Å². The third kappa shape index (κ3) is 6.55. The Labute approximate surface area is 121 Å². The summed E-state index contributed by atoms with van der Waals surface area (Å²) in [5.74, 6) is -0.369. The highest BCUT2D eigenvalue weighted by Gasteiger charge is 2.10. The molecule has 0 saturated carbocycles. The molecule has 1 aromatic heterocycles. The van der Waals surface area contributed by atoms with Crippen molar-refractivity contribution in [3.8, 4) is 5.75 Å². The van der Waals surface area contributed by atoms with Gasteiger partial charge in [-0.2, -0.15) is 0 Å². The first-order chi connectivity index (χ1) is 9.75. The fourth-order valence-electron chi connectivity index (χ4n) is 2.12. The molecule has 0 aliphatic carbocycles. The van der Waals surface area contributed by atoms with E-state index >= 15 is 0 Å². The van der Waals surface area contributed by atoms with Gasteiger partial charge in [0.1, 0.15) is 5.75 Å². The maximum Gasteiger partial charge on any atom is 0.273 e. The van der Waals surface area contributed by atoms with Crippen LogP contribution < -0.4 is 5.32 Å². The summed E-state index contributed by atoms with van der Waals surface area (Å²) >= 11 is 0. The summed E-state index contributed by atoms with van der Waals surface area (Å²) in [6.45, 7) is 2.87. The lowest BCUT2D eigenvalue weighted by Gasteiger charge is -2.06. The first-order valence-corrected chi connectivity index (χ1v) is 7.68. The van der Waals surface area contributed by atoms with Crippen LogP contribution in [-0.4, -0.2) is 22.5 Å². The minimum atomic E-state index is -0.300. The van der Waals surface area contributed by atoms with Gasteiger partial charge in [-0.3, -0.25) is 4.79 Å². The highest BCUT2D eigenvalue weighted by Crippen LogP contribution is 2.12. The summed E-state index contributed by atoms with van der Waals surface area (Å²) in [4.78, 5) is 15.6. The zero-order valence-corrected chi connectivity index (χ0v) is 12.4. The molecule has 2 N–H and O–H groups in total. The predicted molar refractivity (Wildman–Crippen MR) is 80.8 cm³/mol. The number of aromatic hydroxyl groups is 1. The molecule has 1 rings (SSSR count). The van der Waals surface area contributed by atoms with Crippen molar-refractivity contribution in [3.05, 3.63) is 24.0 Å². The number of unbranched alkanes of at least 4 members (excludes halogenated alkanes) is 7. The second-order valence-corrected chi connectivity index (χ2v) is 5.10. The molecule has 0 unspecified atom stereocenters. The van der Waals surface area contributed by atoms with Crippen molar-refractivity contribution in [3.63, 3.8) is 0 Å². The summed E-state index contributed by atoms with van der Waals surface area (Å²) in [5, 5.41) is 12.3. The normalized spacial score (nSPS) is 10.4. The number of rotatable bonds is 10. The smallest absolute Gasteiger partial charge is 0.273 e. The van der Waals surface area contributed by atoms with E-state index in [1.165, 1.54) is 50.8 Å². The number of nitrogens with one attached hydrogen (secondary N) is 1. The Morgan fingerprint density at radius 3 is 2.45 bits per heavy atom. The standard InChI is InChI=1S/C16H26N2O2/c1-2-3-4-5-6-7-8-9-12-18-16(20)15-14(19)11-10-13-17-15/h10-11,13,19H,2-9,12H2,1H3,(H,18,20). The van der Waals surface area contributed by atoms with Crippen molar-refractivity contribution >= 4 is 5.91 Å². The van der Waals surface area contributed by atoms with E-state index in [-0.39, 0.29) is 17.4 Å². The highest BCUT2D eigenvalue weighted by molar-refractivity contribution is 5.94. The van der Waals surface area contributed by atoms with Crippen molar-refractivity contribution in [1.29, 1.82) is 0 Å². The Morgan fingerprint density at radius 1 is 1.15 bits per heavy atom. The molecule has 0 aliphatic heterocycles. The van der Waals surface area contributed by atoms with Crippen LogP contribution in [0.25, 0.3) is 0 Å². The molecule has 1 aromatic rings. The third-order valence-electron chi connectivity index (χ3n) is 3.32. The summed E-state index contributed by atoms with van der Waals surface area (Å²) < 4.78 is 0. The van der Waals surface area contributed by atoms with E-state index in [4.69, 9.17) is 0 Å². The van der Waals surface area contributed by atoms with Crippen molar-refractivity contribution in [2.24, 2.45) is 0 Å². The van der Waals surface area contributed by atoms with Crippen LogP contribution in [0.15, 0.2) is 18.3 Å². The average Bonchev–Trinajstić information content (AvgIpc) is 2.46. The minimum absolute atomic E-state index is 0.0686. The number of carbonyl (C=O) groups excluding carboxylic acids is 1. The van der Waals surface area contributed by atoms with Crippen LogP contribution in [-0.2, 0) is 0 Å². The molecule has 4 nitrogen and oxygen atoms in total. The van der Waals surface area contributed by atoms with Crippen molar-refractivity contribution in [2.75, 3.05) is 6.54 Å². The molecule has 112 valence electrons. The van der Waals surface area contributed by atoms with Gasteiger partial charge in [0, 0.05) is 12.7 Å². The summed E-state index contributed by atoms with van der Waals surface area (Å²) in [6, 6.07) is 3.07. The van der Waals surface area contributed by atoms with E-state index in [0.717, 1.165) is 12.8 Å². The van der Waals surface area contributed by atoms with E-state index in [0.29, 0.717) is 6.54 Å². The quantitative estimate of drug-likeness (QED) is 0.642. The molecule has 20 heavy (non-hydrogen) atoms. The van der Waals surface area contributed by atoms with Gasteiger partial charge in [-0.25, -0.2) is 4.98 Å². The molecule has 0 atom stereocenters. The van der Waals surface area contributed by atoms with Crippen molar-refractivity contribution in [2.45, 2.75) is 58.3 Å². The van der Waals surface area contributed by atoms with Crippen molar-refractivity contribution < 1.29 is 9.90 Å². The maximum atomic E-state index is 11.7. The second-order valence-electron chi connectivity index (χ2n) is 5.10. The molecule has 4 heteroatoms. The molecule has 1 amide bonds. The first-order valence-electron chi connectivity index (χ1n) is 7.68. The van der Waals surface area contributed by atoms with Gasteiger partial charge in [0.15, 0.2) is 5.69 Å². The van der Waals surface area contributed by atoms with Gasteiger partial charge >= 0.3 is 0 Å². The Morgan fingerprint density at radius 2 is 1.80 bits per heavy atom. The van der Waals surface area contributed by atoms with Gasteiger partial charge in [-0.05, 0) is 18.6 Å². The van der Waals surface area contributed by atoms with Crippen molar-refractivity contribution in [1.82, 2.24) is 10.3 Å². The summed E-state index contributed by atoms with van der Waals surface area (Å²) in [7, 11) is 0. The van der Waals surface area contributed by atoms with E-state index in [1.54, 1.807) is 6.07 Å². The van der Waals surface area contributed by atoms with Crippen LogP contribution in [0.5, 0.6) is 5.75 Å². The van der Waals surface area contributed by atoms with Gasteiger partial charge in [0.05, 0.1) is 0 Å². The average molecular weight is 278 g/mol. The molecule has 0 aliphatic rings. The molecule has 0 saturated heterocycles. The molecular formula is C16H26N2O2. The second kappa shape index (κ2) is 10.2. The maximum absolute atomic E-state index is 11.7. The van der Waals surface area contributed by atoms with Crippen LogP contribution >= 0.6 is 0 Å². The molecule has 0 radical (unpaired) electrons. The zero-order valence-electron chi connectivity index (χ0n) is 12.4. The topological polar surface area (TPSA) is 62.2 Å².